The molecule has 4 rings (SSSR count). The topological polar surface area (TPSA) is 76.6 Å². The van der Waals surface area contributed by atoms with E-state index >= 15 is 0 Å². The Hall–Kier alpha value is -2.51. The smallest absolute Gasteiger partial charge is 0.270 e. The van der Waals surface area contributed by atoms with E-state index in [1.54, 1.807) is 12.3 Å². The number of hydrogen-bond donors (Lipinski definition) is 1. The minimum atomic E-state index is -0.434. The first-order valence-electron chi connectivity index (χ1n) is 9.37. The van der Waals surface area contributed by atoms with E-state index in [1.165, 1.54) is 0 Å². The molecular formula is C20H24N4O3. The lowest BCUT2D eigenvalue weighted by Crippen LogP contribution is -2.45. The van der Waals surface area contributed by atoms with E-state index in [1.807, 2.05) is 37.3 Å². The number of piperidine rings is 1. The van der Waals surface area contributed by atoms with Crippen LogP contribution in [0.1, 0.15) is 41.9 Å². The first-order valence-corrected chi connectivity index (χ1v) is 9.37. The molecule has 0 bridgehead atoms. The molecule has 1 aromatic carbocycles. The molecule has 1 N–H and O–H groups in total. The summed E-state index contributed by atoms with van der Waals surface area (Å²) in [5.41, 5.74) is 1.43. The third kappa shape index (κ3) is 3.94. The van der Waals surface area contributed by atoms with E-state index in [0.29, 0.717) is 24.9 Å². The van der Waals surface area contributed by atoms with Crippen molar-refractivity contribution >= 4 is 11.9 Å². The van der Waals surface area contributed by atoms with Crippen LogP contribution in [0.2, 0.25) is 0 Å². The average molecular weight is 368 g/mol. The fourth-order valence-electron chi connectivity index (χ4n) is 3.56. The van der Waals surface area contributed by atoms with Crippen LogP contribution in [-0.2, 0) is 9.47 Å². The lowest BCUT2D eigenvalue weighted by atomic mass is 10.0. The van der Waals surface area contributed by atoms with Gasteiger partial charge in [0.1, 0.15) is 5.69 Å². The van der Waals surface area contributed by atoms with Crippen LogP contribution in [0.25, 0.3) is 0 Å². The van der Waals surface area contributed by atoms with E-state index in [9.17, 15) is 4.79 Å². The lowest BCUT2D eigenvalue weighted by molar-refractivity contribution is -0.169. The Kier molecular flexibility index (Phi) is 5.05. The third-order valence-corrected chi connectivity index (χ3v) is 5.14. The minimum absolute atomic E-state index is 0.0939. The summed E-state index contributed by atoms with van der Waals surface area (Å²) in [4.78, 5) is 23.5. The summed E-state index contributed by atoms with van der Waals surface area (Å²) in [7, 11) is 0. The monoisotopic (exact) mass is 368 g/mol. The molecule has 1 unspecified atom stereocenters. The minimum Gasteiger partial charge on any atom is -0.347 e. The van der Waals surface area contributed by atoms with Crippen LogP contribution in [0.5, 0.6) is 0 Å². The van der Waals surface area contributed by atoms with Gasteiger partial charge in [-0.15, -0.1) is 0 Å². The molecule has 27 heavy (non-hydrogen) atoms. The van der Waals surface area contributed by atoms with Gasteiger partial charge in [0.05, 0.1) is 19.3 Å². The molecule has 7 heteroatoms. The first-order chi connectivity index (χ1) is 13.2. The number of carbonyl (C=O) groups is 1. The summed E-state index contributed by atoms with van der Waals surface area (Å²) in [6.07, 6.45) is 3.19. The lowest BCUT2D eigenvalue weighted by Gasteiger charge is -2.37. The number of carbonyl (C=O) groups excluding carboxylic acids is 1. The van der Waals surface area contributed by atoms with Gasteiger partial charge in [-0.05, 0) is 18.6 Å². The zero-order valence-electron chi connectivity index (χ0n) is 15.4. The van der Waals surface area contributed by atoms with Gasteiger partial charge < -0.3 is 19.7 Å². The molecular weight excluding hydrogens is 344 g/mol. The quantitative estimate of drug-likeness (QED) is 0.892. The number of anilines is 1. The fraction of sp³-hybridized carbons (Fsp3) is 0.450. The van der Waals surface area contributed by atoms with Crippen molar-refractivity contribution in [2.45, 2.75) is 31.6 Å². The Labute approximate surface area is 158 Å². The molecule has 1 aromatic heterocycles. The molecule has 1 atom stereocenters. The number of nitrogens with zero attached hydrogens (tertiary/aromatic N) is 3. The van der Waals surface area contributed by atoms with E-state index in [-0.39, 0.29) is 11.9 Å². The van der Waals surface area contributed by atoms with Crippen molar-refractivity contribution in [1.82, 2.24) is 15.3 Å². The molecule has 2 aromatic rings. The predicted molar refractivity (Wildman–Crippen MR) is 100 cm³/mol. The van der Waals surface area contributed by atoms with Gasteiger partial charge in [0, 0.05) is 32.1 Å². The van der Waals surface area contributed by atoms with Crippen molar-refractivity contribution in [3.8, 4) is 0 Å². The maximum atomic E-state index is 12.6. The molecule has 0 aliphatic carbocycles. The summed E-state index contributed by atoms with van der Waals surface area (Å²) >= 11 is 0. The second-order valence-electron chi connectivity index (χ2n) is 6.94. The molecule has 0 saturated carbocycles. The molecule has 7 nitrogen and oxygen atoms in total. The van der Waals surface area contributed by atoms with Gasteiger partial charge in [0.2, 0.25) is 5.95 Å². The molecule has 1 amide bonds. The zero-order chi connectivity index (χ0) is 18.7. The number of amides is 1. The molecule has 1 spiro atoms. The molecule has 142 valence electrons. The molecule has 2 aliphatic rings. The number of aromatic nitrogens is 2. The van der Waals surface area contributed by atoms with Gasteiger partial charge in [-0.2, -0.15) is 0 Å². The van der Waals surface area contributed by atoms with Crippen molar-refractivity contribution in [2.24, 2.45) is 0 Å². The third-order valence-electron chi connectivity index (χ3n) is 5.14. The number of ether oxygens (including phenoxy) is 2. The van der Waals surface area contributed by atoms with Crippen LogP contribution in [0.3, 0.4) is 0 Å². The second kappa shape index (κ2) is 7.62. The molecule has 3 heterocycles. The van der Waals surface area contributed by atoms with Gasteiger partial charge in [-0.3, -0.25) is 4.79 Å². The zero-order valence-corrected chi connectivity index (χ0v) is 15.4. The summed E-state index contributed by atoms with van der Waals surface area (Å²) < 4.78 is 11.5. The van der Waals surface area contributed by atoms with Crippen LogP contribution >= 0.6 is 0 Å². The maximum Gasteiger partial charge on any atom is 0.270 e. The maximum absolute atomic E-state index is 12.6. The highest BCUT2D eigenvalue weighted by atomic mass is 16.7. The second-order valence-corrected chi connectivity index (χ2v) is 6.94. The summed E-state index contributed by atoms with van der Waals surface area (Å²) in [5, 5.41) is 2.99. The summed E-state index contributed by atoms with van der Waals surface area (Å²) in [5.74, 6) is -0.0647. The highest BCUT2D eigenvalue weighted by Gasteiger charge is 2.40. The van der Waals surface area contributed by atoms with Crippen LogP contribution < -0.4 is 10.2 Å². The van der Waals surface area contributed by atoms with Crippen molar-refractivity contribution in [3.05, 3.63) is 53.9 Å². The van der Waals surface area contributed by atoms with Crippen molar-refractivity contribution in [2.75, 3.05) is 31.2 Å². The SMILES string of the molecule is CC(NC(=O)c1ccnc(N2CCC3(CC2)OCCO3)n1)c1ccccc1. The Morgan fingerprint density at radius 1 is 1.15 bits per heavy atom. The Morgan fingerprint density at radius 2 is 1.85 bits per heavy atom. The van der Waals surface area contributed by atoms with Gasteiger partial charge >= 0.3 is 0 Å². The Bertz CT molecular complexity index is 783. The molecule has 2 fully saturated rings. The van der Waals surface area contributed by atoms with Crippen molar-refractivity contribution < 1.29 is 14.3 Å². The van der Waals surface area contributed by atoms with Crippen molar-refractivity contribution in [1.29, 1.82) is 0 Å². The number of nitrogens with one attached hydrogen (secondary N) is 1. The van der Waals surface area contributed by atoms with Crippen LogP contribution in [0, 0.1) is 0 Å². The van der Waals surface area contributed by atoms with Crippen LogP contribution in [0.15, 0.2) is 42.6 Å². The van der Waals surface area contributed by atoms with Gasteiger partial charge in [0.15, 0.2) is 5.79 Å². The standard InChI is InChI=1S/C20H24N4O3/c1-15(16-5-3-2-4-6-16)22-18(25)17-7-10-21-19(23-17)24-11-8-20(9-12-24)26-13-14-27-20/h2-7,10,15H,8-9,11-14H2,1H3,(H,22,25). The normalized spacial score (nSPS) is 19.8. The predicted octanol–water partition coefficient (Wildman–Crippen LogP) is 2.31. The molecule has 2 saturated heterocycles. The van der Waals surface area contributed by atoms with Gasteiger partial charge in [0.25, 0.3) is 5.91 Å². The first kappa shape index (κ1) is 17.9. The van der Waals surface area contributed by atoms with Gasteiger partial charge in [-0.25, -0.2) is 9.97 Å². The van der Waals surface area contributed by atoms with E-state index < -0.39 is 5.79 Å². The fourth-order valence-corrected chi connectivity index (χ4v) is 3.56. The van der Waals surface area contributed by atoms with E-state index in [0.717, 1.165) is 31.5 Å². The van der Waals surface area contributed by atoms with E-state index in [4.69, 9.17) is 9.47 Å². The van der Waals surface area contributed by atoms with Gasteiger partial charge in [-0.1, -0.05) is 30.3 Å². The largest absolute Gasteiger partial charge is 0.347 e. The number of rotatable bonds is 4. The molecule has 0 radical (unpaired) electrons. The summed E-state index contributed by atoms with van der Waals surface area (Å²) in [6.45, 7) is 4.76. The van der Waals surface area contributed by atoms with Crippen LogP contribution in [-0.4, -0.2) is 48.0 Å². The summed E-state index contributed by atoms with van der Waals surface area (Å²) in [6, 6.07) is 11.4. The van der Waals surface area contributed by atoms with Crippen molar-refractivity contribution in [3.63, 3.8) is 0 Å². The van der Waals surface area contributed by atoms with E-state index in [2.05, 4.69) is 20.2 Å². The highest BCUT2D eigenvalue weighted by molar-refractivity contribution is 5.92. The highest BCUT2D eigenvalue weighted by Crippen LogP contribution is 2.32. The average Bonchev–Trinajstić information content (AvgIpc) is 3.17. The number of benzene rings is 1. The Morgan fingerprint density at radius 3 is 2.56 bits per heavy atom. The number of hydrogen-bond acceptors (Lipinski definition) is 6. The Balaban J connectivity index is 1.41. The van der Waals surface area contributed by atoms with Crippen LogP contribution in [0.4, 0.5) is 5.95 Å². The molecule has 2 aliphatic heterocycles.